The third-order valence-corrected chi connectivity index (χ3v) is 5.29. The second-order valence-corrected chi connectivity index (χ2v) is 7.50. The molecule has 3 aromatic rings. The van der Waals surface area contributed by atoms with Crippen molar-refractivity contribution in [1.82, 2.24) is 14.8 Å². The average Bonchev–Trinajstić information content (AvgIpc) is 3.48. The Kier molecular flexibility index (Phi) is 5.80. The van der Waals surface area contributed by atoms with Crippen LogP contribution in [0.5, 0.6) is 11.5 Å². The van der Waals surface area contributed by atoms with E-state index in [9.17, 15) is 9.18 Å². The number of hydrogen-bond acceptors (Lipinski definition) is 6. The topological polar surface area (TPSA) is 66.2 Å². The predicted molar refractivity (Wildman–Crippen MR) is 108 cm³/mol. The van der Waals surface area contributed by atoms with Crippen LogP contribution in [0.3, 0.4) is 0 Å². The third kappa shape index (κ3) is 4.59. The Labute approximate surface area is 172 Å². The summed E-state index contributed by atoms with van der Waals surface area (Å²) in [7, 11) is 0. The standard InChI is InChI=1S/C21H20FN3O3S/c1-2-27-15-9-11-16(12-10-15)28-19(26)13-29-21-24-23-20(25(21)14-7-8-14)17-5-3-4-6-18(17)22/h3-6,9-12,14H,2,7-8,13H2,1H3. The second-order valence-electron chi connectivity index (χ2n) is 6.55. The molecule has 1 aromatic heterocycles. The van der Waals surface area contributed by atoms with Gasteiger partial charge < -0.3 is 9.47 Å². The van der Waals surface area contributed by atoms with Gasteiger partial charge in [-0.05, 0) is 56.2 Å². The fourth-order valence-corrected chi connectivity index (χ4v) is 3.70. The summed E-state index contributed by atoms with van der Waals surface area (Å²) in [6.45, 7) is 2.48. The van der Waals surface area contributed by atoms with Gasteiger partial charge in [-0.3, -0.25) is 9.36 Å². The Balaban J connectivity index is 1.43. The number of halogens is 1. The van der Waals surface area contributed by atoms with Crippen molar-refractivity contribution >= 4 is 17.7 Å². The van der Waals surface area contributed by atoms with E-state index in [1.54, 1.807) is 42.5 Å². The largest absolute Gasteiger partial charge is 0.494 e. The van der Waals surface area contributed by atoms with E-state index < -0.39 is 5.97 Å². The Bertz CT molecular complexity index is 1000. The number of aromatic nitrogens is 3. The van der Waals surface area contributed by atoms with Crippen LogP contribution in [-0.2, 0) is 4.79 Å². The fraction of sp³-hybridized carbons (Fsp3) is 0.286. The van der Waals surface area contributed by atoms with Crippen LogP contribution in [0, 0.1) is 5.82 Å². The first-order valence-electron chi connectivity index (χ1n) is 9.42. The number of benzene rings is 2. The molecule has 0 atom stereocenters. The maximum atomic E-state index is 14.2. The second kappa shape index (κ2) is 8.65. The molecule has 1 aliphatic carbocycles. The van der Waals surface area contributed by atoms with Gasteiger partial charge in [-0.2, -0.15) is 0 Å². The van der Waals surface area contributed by atoms with Crippen LogP contribution in [-0.4, -0.2) is 33.1 Å². The number of hydrogen-bond donors (Lipinski definition) is 0. The van der Waals surface area contributed by atoms with E-state index in [0.29, 0.717) is 28.9 Å². The zero-order valence-electron chi connectivity index (χ0n) is 15.9. The van der Waals surface area contributed by atoms with Crippen LogP contribution >= 0.6 is 11.8 Å². The zero-order valence-corrected chi connectivity index (χ0v) is 16.7. The van der Waals surface area contributed by atoms with Crippen molar-refractivity contribution < 1.29 is 18.7 Å². The quantitative estimate of drug-likeness (QED) is 0.307. The molecule has 1 aliphatic rings. The van der Waals surface area contributed by atoms with E-state index in [1.807, 2.05) is 11.5 Å². The number of carbonyl (C=O) groups excluding carboxylic acids is 1. The molecule has 8 heteroatoms. The van der Waals surface area contributed by atoms with E-state index in [-0.39, 0.29) is 17.6 Å². The molecule has 0 radical (unpaired) electrons. The first kappa shape index (κ1) is 19.4. The minimum atomic E-state index is -0.392. The average molecular weight is 413 g/mol. The molecule has 0 aliphatic heterocycles. The molecule has 0 saturated heterocycles. The number of esters is 1. The highest BCUT2D eigenvalue weighted by Crippen LogP contribution is 2.41. The molecule has 150 valence electrons. The summed E-state index contributed by atoms with van der Waals surface area (Å²) in [5, 5.41) is 8.97. The Morgan fingerprint density at radius 2 is 1.86 bits per heavy atom. The molecule has 0 unspecified atom stereocenters. The highest BCUT2D eigenvalue weighted by molar-refractivity contribution is 7.99. The lowest BCUT2D eigenvalue weighted by Crippen LogP contribution is -2.11. The van der Waals surface area contributed by atoms with Crippen molar-refractivity contribution in [2.45, 2.75) is 31.0 Å². The molecule has 0 spiro atoms. The van der Waals surface area contributed by atoms with Crippen LogP contribution in [0.2, 0.25) is 0 Å². The van der Waals surface area contributed by atoms with Crippen molar-refractivity contribution in [2.75, 3.05) is 12.4 Å². The van der Waals surface area contributed by atoms with Crippen LogP contribution < -0.4 is 9.47 Å². The van der Waals surface area contributed by atoms with E-state index in [2.05, 4.69) is 10.2 Å². The number of ether oxygens (including phenoxy) is 2. The molecule has 6 nitrogen and oxygen atoms in total. The Morgan fingerprint density at radius 3 is 2.55 bits per heavy atom. The van der Waals surface area contributed by atoms with Crippen LogP contribution in [0.25, 0.3) is 11.4 Å². The highest BCUT2D eigenvalue weighted by atomic mass is 32.2. The zero-order chi connectivity index (χ0) is 20.2. The molecule has 2 aromatic carbocycles. The van der Waals surface area contributed by atoms with Crippen molar-refractivity contribution in [1.29, 1.82) is 0 Å². The number of rotatable bonds is 8. The molecule has 4 rings (SSSR count). The summed E-state index contributed by atoms with van der Waals surface area (Å²) >= 11 is 1.24. The molecular formula is C21H20FN3O3S. The molecule has 1 saturated carbocycles. The van der Waals surface area contributed by atoms with Gasteiger partial charge in [0, 0.05) is 6.04 Å². The maximum Gasteiger partial charge on any atom is 0.321 e. The van der Waals surface area contributed by atoms with Gasteiger partial charge in [0.15, 0.2) is 11.0 Å². The van der Waals surface area contributed by atoms with E-state index in [1.165, 1.54) is 17.8 Å². The lowest BCUT2D eigenvalue weighted by molar-refractivity contribution is -0.131. The monoisotopic (exact) mass is 413 g/mol. The van der Waals surface area contributed by atoms with Gasteiger partial charge in [-0.15, -0.1) is 10.2 Å². The number of thioether (sulfide) groups is 1. The van der Waals surface area contributed by atoms with Gasteiger partial charge in [0.25, 0.3) is 0 Å². The summed E-state index contributed by atoms with van der Waals surface area (Å²) < 4.78 is 26.9. The van der Waals surface area contributed by atoms with Crippen LogP contribution in [0.4, 0.5) is 4.39 Å². The lowest BCUT2D eigenvalue weighted by Gasteiger charge is -2.09. The summed E-state index contributed by atoms with van der Waals surface area (Å²) in [5.74, 6) is 1.02. The van der Waals surface area contributed by atoms with Gasteiger partial charge in [0.1, 0.15) is 17.3 Å². The van der Waals surface area contributed by atoms with Crippen LogP contribution in [0.15, 0.2) is 53.7 Å². The maximum absolute atomic E-state index is 14.2. The smallest absolute Gasteiger partial charge is 0.321 e. The van der Waals surface area contributed by atoms with Crippen molar-refractivity contribution in [2.24, 2.45) is 0 Å². The van der Waals surface area contributed by atoms with E-state index >= 15 is 0 Å². The van der Waals surface area contributed by atoms with Gasteiger partial charge >= 0.3 is 5.97 Å². The Hall–Kier alpha value is -2.87. The summed E-state index contributed by atoms with van der Waals surface area (Å²) in [5.41, 5.74) is 0.413. The minimum absolute atomic E-state index is 0.0787. The molecule has 0 N–H and O–H groups in total. The molecule has 0 bridgehead atoms. The van der Waals surface area contributed by atoms with Crippen molar-refractivity contribution in [3.8, 4) is 22.9 Å². The van der Waals surface area contributed by atoms with Gasteiger partial charge in [0.2, 0.25) is 0 Å². The van der Waals surface area contributed by atoms with E-state index in [0.717, 1.165) is 18.6 Å². The highest BCUT2D eigenvalue weighted by Gasteiger charge is 2.31. The summed E-state index contributed by atoms with van der Waals surface area (Å²) in [4.78, 5) is 12.2. The van der Waals surface area contributed by atoms with Crippen LogP contribution in [0.1, 0.15) is 25.8 Å². The van der Waals surface area contributed by atoms with Crippen molar-refractivity contribution in [3.05, 3.63) is 54.3 Å². The predicted octanol–water partition coefficient (Wildman–Crippen LogP) is 4.52. The first-order valence-corrected chi connectivity index (χ1v) is 10.4. The normalized spacial score (nSPS) is 13.3. The Morgan fingerprint density at radius 1 is 1.14 bits per heavy atom. The molecule has 29 heavy (non-hydrogen) atoms. The first-order chi connectivity index (χ1) is 14.2. The van der Waals surface area contributed by atoms with Gasteiger partial charge in [-0.1, -0.05) is 23.9 Å². The molecular weight excluding hydrogens is 393 g/mol. The molecule has 1 fully saturated rings. The number of nitrogens with zero attached hydrogens (tertiary/aromatic N) is 3. The number of carbonyl (C=O) groups is 1. The lowest BCUT2D eigenvalue weighted by atomic mass is 10.2. The van der Waals surface area contributed by atoms with Crippen molar-refractivity contribution in [3.63, 3.8) is 0 Å². The summed E-state index contributed by atoms with van der Waals surface area (Å²) in [6, 6.07) is 13.6. The summed E-state index contributed by atoms with van der Waals surface area (Å²) in [6.07, 6.45) is 1.98. The molecule has 0 amide bonds. The minimum Gasteiger partial charge on any atom is -0.494 e. The van der Waals surface area contributed by atoms with E-state index in [4.69, 9.17) is 9.47 Å². The third-order valence-electron chi connectivity index (χ3n) is 4.38. The van der Waals surface area contributed by atoms with Gasteiger partial charge in [0.05, 0.1) is 17.9 Å². The molecule has 1 heterocycles. The van der Waals surface area contributed by atoms with Gasteiger partial charge in [-0.25, -0.2) is 4.39 Å². The fourth-order valence-electron chi connectivity index (χ4n) is 2.92. The SMILES string of the molecule is CCOc1ccc(OC(=O)CSc2nnc(-c3ccccc3F)n2C2CC2)cc1.